The maximum atomic E-state index is 6.09. The lowest BCUT2D eigenvalue weighted by Crippen LogP contribution is -2.37. The summed E-state index contributed by atoms with van der Waals surface area (Å²) in [6.07, 6.45) is 6.94. The Bertz CT molecular complexity index is 618. The molecule has 1 heterocycles. The molecule has 1 aromatic rings. The fourth-order valence-electron chi connectivity index (χ4n) is 3.82. The predicted octanol–water partition coefficient (Wildman–Crippen LogP) is 3.57. The molecule has 0 radical (unpaired) electrons. The molecule has 3 N–H and O–H groups in total. The van der Waals surface area contributed by atoms with Crippen LogP contribution in [0.15, 0.2) is 23.2 Å². The number of nitrogens with zero attached hydrogens (tertiary/aromatic N) is 1. The topological polar surface area (TPSA) is 78.1 Å². The second kappa shape index (κ2) is 10.9. The number of halogens is 1. The van der Waals surface area contributed by atoms with Gasteiger partial charge in [-0.25, -0.2) is 0 Å². The third-order valence-corrected chi connectivity index (χ3v) is 5.32. The van der Waals surface area contributed by atoms with Crippen LogP contribution in [-0.2, 0) is 10.2 Å². The molecule has 0 aromatic heterocycles. The van der Waals surface area contributed by atoms with Gasteiger partial charge >= 0.3 is 0 Å². The summed E-state index contributed by atoms with van der Waals surface area (Å²) in [4.78, 5) is 4.68. The highest BCUT2D eigenvalue weighted by molar-refractivity contribution is 14.0. The van der Waals surface area contributed by atoms with Crippen molar-refractivity contribution in [2.24, 2.45) is 10.7 Å². The number of aliphatic imine (C=N–C) groups is 1. The average molecular weight is 489 g/mol. The molecule has 7 heteroatoms. The van der Waals surface area contributed by atoms with Crippen molar-refractivity contribution in [1.29, 1.82) is 0 Å². The number of benzene rings is 1. The van der Waals surface area contributed by atoms with Gasteiger partial charge in [-0.3, -0.25) is 4.99 Å². The number of nitrogens with one attached hydrogen (secondary N) is 1. The first-order valence-electron chi connectivity index (χ1n) is 9.75. The highest BCUT2D eigenvalue weighted by Crippen LogP contribution is 2.43. The van der Waals surface area contributed by atoms with Gasteiger partial charge in [-0.15, -0.1) is 24.0 Å². The van der Waals surface area contributed by atoms with E-state index in [1.807, 2.05) is 13.0 Å². The lowest BCUT2D eigenvalue weighted by molar-refractivity contribution is 0.145. The average Bonchev–Trinajstić information content (AvgIpc) is 3.15. The van der Waals surface area contributed by atoms with Gasteiger partial charge in [-0.1, -0.05) is 25.3 Å². The van der Waals surface area contributed by atoms with E-state index in [-0.39, 0.29) is 29.4 Å². The molecular weight excluding hydrogens is 457 g/mol. The van der Waals surface area contributed by atoms with Crippen molar-refractivity contribution in [3.63, 3.8) is 0 Å². The zero-order chi connectivity index (χ0) is 18.2. The first-order chi connectivity index (χ1) is 12.7. The molecule has 0 spiro atoms. The molecule has 0 amide bonds. The summed E-state index contributed by atoms with van der Waals surface area (Å²) < 4.78 is 16.4. The van der Waals surface area contributed by atoms with E-state index in [9.17, 15) is 0 Å². The van der Waals surface area contributed by atoms with Crippen molar-refractivity contribution in [2.45, 2.75) is 50.9 Å². The van der Waals surface area contributed by atoms with Crippen LogP contribution in [0.4, 0.5) is 0 Å². The molecule has 1 saturated carbocycles. The SMILES string of the molecule is CCOCCCNC(N)=NCC1(c2ccc3c(c2)OCO3)CCCCC1.I. The van der Waals surface area contributed by atoms with Gasteiger partial charge in [0, 0.05) is 25.2 Å². The molecular formula is C20H32IN3O3. The quantitative estimate of drug-likeness (QED) is 0.253. The summed E-state index contributed by atoms with van der Waals surface area (Å²) in [6.45, 7) is 5.30. The van der Waals surface area contributed by atoms with Gasteiger partial charge in [-0.2, -0.15) is 0 Å². The number of ether oxygens (including phenoxy) is 3. The third kappa shape index (κ3) is 5.88. The number of rotatable bonds is 8. The van der Waals surface area contributed by atoms with Gasteiger partial charge < -0.3 is 25.3 Å². The van der Waals surface area contributed by atoms with E-state index < -0.39 is 0 Å². The normalized spacial score (nSPS) is 18.0. The van der Waals surface area contributed by atoms with Crippen LogP contribution in [-0.4, -0.2) is 39.1 Å². The Morgan fingerprint density at radius 1 is 1.22 bits per heavy atom. The summed E-state index contributed by atoms with van der Waals surface area (Å²) in [5, 5.41) is 3.19. The maximum Gasteiger partial charge on any atom is 0.231 e. The van der Waals surface area contributed by atoms with Crippen LogP contribution in [0.3, 0.4) is 0 Å². The van der Waals surface area contributed by atoms with E-state index in [1.165, 1.54) is 24.8 Å². The van der Waals surface area contributed by atoms with Crippen molar-refractivity contribution in [3.05, 3.63) is 23.8 Å². The molecule has 1 aliphatic carbocycles. The molecule has 152 valence electrons. The van der Waals surface area contributed by atoms with Crippen molar-refractivity contribution in [2.75, 3.05) is 33.1 Å². The number of hydrogen-bond donors (Lipinski definition) is 2. The summed E-state index contributed by atoms with van der Waals surface area (Å²) in [5.41, 5.74) is 7.41. The molecule has 0 atom stereocenters. The highest BCUT2D eigenvalue weighted by atomic mass is 127. The van der Waals surface area contributed by atoms with Crippen LogP contribution in [0, 0.1) is 0 Å². The Hall–Kier alpha value is -1.22. The summed E-state index contributed by atoms with van der Waals surface area (Å²) >= 11 is 0. The molecule has 3 rings (SSSR count). The van der Waals surface area contributed by atoms with Crippen molar-refractivity contribution < 1.29 is 14.2 Å². The minimum atomic E-state index is 0. The molecule has 0 unspecified atom stereocenters. The highest BCUT2D eigenvalue weighted by Gasteiger charge is 2.35. The zero-order valence-electron chi connectivity index (χ0n) is 16.2. The Kier molecular flexibility index (Phi) is 8.95. The van der Waals surface area contributed by atoms with Crippen LogP contribution >= 0.6 is 24.0 Å². The van der Waals surface area contributed by atoms with E-state index in [2.05, 4.69) is 22.4 Å². The van der Waals surface area contributed by atoms with Crippen LogP contribution < -0.4 is 20.5 Å². The lowest BCUT2D eigenvalue weighted by Gasteiger charge is -2.36. The first kappa shape index (κ1) is 22.1. The fourth-order valence-corrected chi connectivity index (χ4v) is 3.82. The van der Waals surface area contributed by atoms with Gasteiger partial charge in [0.05, 0.1) is 6.54 Å². The third-order valence-electron chi connectivity index (χ3n) is 5.32. The summed E-state index contributed by atoms with van der Waals surface area (Å²) in [5.74, 6) is 2.20. The standard InChI is InChI=1S/C20H31N3O3.HI/c1-2-24-12-6-11-22-19(21)23-14-20(9-4-3-5-10-20)16-7-8-17-18(13-16)26-15-25-17;/h7-8,13H,2-6,9-12,14-15H2,1H3,(H3,21,22,23);1H. The van der Waals surface area contributed by atoms with Crippen molar-refractivity contribution in [3.8, 4) is 11.5 Å². The summed E-state index contributed by atoms with van der Waals surface area (Å²) in [7, 11) is 0. The van der Waals surface area contributed by atoms with Gasteiger partial charge in [0.1, 0.15) is 0 Å². The van der Waals surface area contributed by atoms with Crippen LogP contribution in [0.5, 0.6) is 11.5 Å². The van der Waals surface area contributed by atoms with E-state index in [4.69, 9.17) is 19.9 Å². The molecule has 2 aliphatic rings. The van der Waals surface area contributed by atoms with E-state index >= 15 is 0 Å². The number of hydrogen-bond acceptors (Lipinski definition) is 4. The maximum absolute atomic E-state index is 6.09. The predicted molar refractivity (Wildman–Crippen MR) is 118 cm³/mol. The van der Waals surface area contributed by atoms with E-state index in [0.717, 1.165) is 50.5 Å². The number of guanidine groups is 1. The van der Waals surface area contributed by atoms with Gasteiger partial charge in [0.15, 0.2) is 17.5 Å². The monoisotopic (exact) mass is 489 g/mol. The van der Waals surface area contributed by atoms with E-state index in [1.54, 1.807) is 0 Å². The molecule has 0 bridgehead atoms. The molecule has 1 aliphatic heterocycles. The Labute approximate surface area is 179 Å². The fraction of sp³-hybridized carbons (Fsp3) is 0.650. The van der Waals surface area contributed by atoms with Crippen molar-refractivity contribution >= 4 is 29.9 Å². The lowest BCUT2D eigenvalue weighted by atomic mass is 9.69. The summed E-state index contributed by atoms with van der Waals surface area (Å²) in [6, 6.07) is 6.32. The van der Waals surface area contributed by atoms with Gasteiger partial charge in [0.25, 0.3) is 0 Å². The molecule has 1 fully saturated rings. The minimum Gasteiger partial charge on any atom is -0.454 e. The molecule has 1 aromatic carbocycles. The molecule has 0 saturated heterocycles. The van der Waals surface area contributed by atoms with Crippen LogP contribution in [0.25, 0.3) is 0 Å². The molecule has 27 heavy (non-hydrogen) atoms. The first-order valence-corrected chi connectivity index (χ1v) is 9.75. The van der Waals surface area contributed by atoms with Gasteiger partial charge in [0.2, 0.25) is 6.79 Å². The smallest absolute Gasteiger partial charge is 0.231 e. The minimum absolute atomic E-state index is 0. The van der Waals surface area contributed by atoms with E-state index in [0.29, 0.717) is 19.3 Å². The number of fused-ring (bicyclic) bond motifs is 1. The van der Waals surface area contributed by atoms with Crippen molar-refractivity contribution in [1.82, 2.24) is 5.32 Å². The van der Waals surface area contributed by atoms with Crippen LogP contribution in [0.2, 0.25) is 0 Å². The Balaban J connectivity index is 0.00000261. The van der Waals surface area contributed by atoms with Crippen LogP contribution in [0.1, 0.15) is 51.0 Å². The second-order valence-corrected chi connectivity index (χ2v) is 7.09. The zero-order valence-corrected chi connectivity index (χ0v) is 18.5. The second-order valence-electron chi connectivity index (χ2n) is 7.09. The van der Waals surface area contributed by atoms with Gasteiger partial charge in [-0.05, 0) is 43.9 Å². The number of nitrogens with two attached hydrogens (primary N) is 1. The Morgan fingerprint density at radius 3 is 2.78 bits per heavy atom. The molecule has 6 nitrogen and oxygen atoms in total. The Morgan fingerprint density at radius 2 is 2.00 bits per heavy atom. The largest absolute Gasteiger partial charge is 0.454 e.